The van der Waals surface area contributed by atoms with E-state index >= 15 is 0 Å². The van der Waals surface area contributed by atoms with Crippen molar-refractivity contribution >= 4 is 0 Å². The molecule has 0 aromatic heterocycles. The smallest absolute Gasteiger partial charge is 0.276 e. The fourth-order valence-electron chi connectivity index (χ4n) is 1.75. The fourth-order valence-corrected chi connectivity index (χ4v) is 1.75. The van der Waals surface area contributed by atoms with Gasteiger partial charge in [0.1, 0.15) is 0 Å². The van der Waals surface area contributed by atoms with Crippen LogP contribution in [0, 0.1) is 17.5 Å². The van der Waals surface area contributed by atoms with Crippen LogP contribution in [0.4, 0.5) is 22.0 Å². The quantitative estimate of drug-likeness (QED) is 0.588. The highest BCUT2D eigenvalue weighted by atomic mass is 19.3. The van der Waals surface area contributed by atoms with Crippen LogP contribution in [0.1, 0.15) is 31.4 Å². The molecule has 0 atom stereocenters. The maximum Gasteiger partial charge on any atom is 0.276 e. The van der Waals surface area contributed by atoms with E-state index in [-0.39, 0.29) is 6.42 Å². The Bertz CT molecular complexity index is 457. The predicted octanol–water partition coefficient (Wildman–Crippen LogP) is 4.18. The molecule has 0 unspecified atom stereocenters. The van der Waals surface area contributed by atoms with Gasteiger partial charge in [0.15, 0.2) is 17.4 Å². The van der Waals surface area contributed by atoms with Crippen LogP contribution in [0.2, 0.25) is 0 Å². The van der Waals surface area contributed by atoms with Crippen LogP contribution < -0.4 is 4.74 Å². The third-order valence-corrected chi connectivity index (χ3v) is 2.75. The van der Waals surface area contributed by atoms with Crippen molar-refractivity contribution in [2.24, 2.45) is 0 Å². The van der Waals surface area contributed by atoms with E-state index in [1.54, 1.807) is 0 Å². The van der Waals surface area contributed by atoms with E-state index in [1.165, 1.54) is 6.92 Å². The third kappa shape index (κ3) is 2.15. The molecule has 0 fully saturated rings. The summed E-state index contributed by atoms with van der Waals surface area (Å²) in [6, 6.07) is 0. The minimum Gasteiger partial charge on any atom is -0.491 e. The maximum atomic E-state index is 13.8. The van der Waals surface area contributed by atoms with Gasteiger partial charge in [-0.3, -0.25) is 0 Å². The highest BCUT2D eigenvalue weighted by Crippen LogP contribution is 2.41. The molecular formula is C12H13F5O. The molecular weight excluding hydrogens is 255 g/mol. The number of hydrogen-bond donors (Lipinski definition) is 0. The molecule has 1 rings (SSSR count). The van der Waals surface area contributed by atoms with Crippen molar-refractivity contribution < 1.29 is 26.7 Å². The van der Waals surface area contributed by atoms with Crippen molar-refractivity contribution in [2.75, 3.05) is 7.11 Å². The van der Waals surface area contributed by atoms with Gasteiger partial charge < -0.3 is 4.74 Å². The van der Waals surface area contributed by atoms with Gasteiger partial charge in [-0.1, -0.05) is 13.8 Å². The second-order valence-electron chi connectivity index (χ2n) is 3.74. The lowest BCUT2D eigenvalue weighted by Crippen LogP contribution is -2.20. The van der Waals surface area contributed by atoms with Gasteiger partial charge in [-0.2, -0.15) is 4.39 Å². The highest BCUT2D eigenvalue weighted by molar-refractivity contribution is 5.42. The van der Waals surface area contributed by atoms with Gasteiger partial charge in [-0.05, 0) is 6.42 Å². The molecule has 0 amide bonds. The zero-order valence-corrected chi connectivity index (χ0v) is 10.2. The van der Waals surface area contributed by atoms with Crippen LogP contribution in [0.5, 0.6) is 5.75 Å². The van der Waals surface area contributed by atoms with E-state index in [4.69, 9.17) is 0 Å². The first-order chi connectivity index (χ1) is 8.31. The third-order valence-electron chi connectivity index (χ3n) is 2.75. The minimum atomic E-state index is -3.62. The van der Waals surface area contributed by atoms with Crippen LogP contribution in [0.15, 0.2) is 0 Å². The topological polar surface area (TPSA) is 9.23 Å². The average molecular weight is 268 g/mol. The summed E-state index contributed by atoms with van der Waals surface area (Å²) in [5.41, 5.74) is -1.78. The lowest BCUT2D eigenvalue weighted by atomic mass is 9.96. The van der Waals surface area contributed by atoms with Crippen molar-refractivity contribution in [1.29, 1.82) is 0 Å². The lowest BCUT2D eigenvalue weighted by molar-refractivity contribution is -0.0138. The molecule has 0 saturated carbocycles. The van der Waals surface area contributed by atoms with Crippen LogP contribution in [-0.2, 0) is 12.3 Å². The van der Waals surface area contributed by atoms with Crippen molar-refractivity contribution in [1.82, 2.24) is 0 Å². The molecule has 1 nitrogen and oxygen atoms in total. The van der Waals surface area contributed by atoms with Crippen LogP contribution in [0.3, 0.4) is 0 Å². The number of halogens is 5. The molecule has 0 N–H and O–H groups in total. The van der Waals surface area contributed by atoms with Crippen molar-refractivity contribution in [3.8, 4) is 5.75 Å². The van der Waals surface area contributed by atoms with E-state index in [1.807, 2.05) is 0 Å². The number of hydrogen-bond acceptors (Lipinski definition) is 1. The van der Waals surface area contributed by atoms with Gasteiger partial charge in [-0.25, -0.2) is 17.6 Å². The van der Waals surface area contributed by atoms with Crippen molar-refractivity contribution in [2.45, 2.75) is 32.6 Å². The number of rotatable bonds is 4. The van der Waals surface area contributed by atoms with Gasteiger partial charge in [-0.15, -0.1) is 0 Å². The largest absolute Gasteiger partial charge is 0.491 e. The Morgan fingerprint density at radius 3 is 1.94 bits per heavy atom. The maximum absolute atomic E-state index is 13.8. The number of ether oxygens (including phenoxy) is 1. The molecule has 0 saturated heterocycles. The van der Waals surface area contributed by atoms with E-state index in [0.717, 1.165) is 14.0 Å². The number of alkyl halides is 2. The normalized spacial score (nSPS) is 11.8. The Balaban J connectivity index is 3.72. The van der Waals surface area contributed by atoms with Gasteiger partial charge in [0, 0.05) is 12.0 Å². The van der Waals surface area contributed by atoms with E-state index in [2.05, 4.69) is 4.74 Å². The number of methoxy groups -OCH3 is 1. The van der Waals surface area contributed by atoms with Gasteiger partial charge >= 0.3 is 0 Å². The highest BCUT2D eigenvalue weighted by Gasteiger charge is 2.39. The van der Waals surface area contributed by atoms with Gasteiger partial charge in [0.2, 0.25) is 5.82 Å². The first-order valence-electron chi connectivity index (χ1n) is 5.43. The summed E-state index contributed by atoms with van der Waals surface area (Å²) in [5, 5.41) is 0. The molecule has 0 aliphatic carbocycles. The molecule has 1 aromatic rings. The first kappa shape index (κ1) is 14.7. The fraction of sp³-hybridized carbons (Fsp3) is 0.500. The molecule has 0 heterocycles. The summed E-state index contributed by atoms with van der Waals surface area (Å²) in [6.07, 6.45) is -0.938. The Morgan fingerprint density at radius 2 is 1.56 bits per heavy atom. The average Bonchev–Trinajstić information content (AvgIpc) is 2.33. The SMILES string of the molecule is CCc1c(F)c(OC)c(F)c(F)c1C(F)(F)CC. The summed E-state index contributed by atoms with van der Waals surface area (Å²) in [5.74, 6) is -9.35. The molecule has 6 heteroatoms. The summed E-state index contributed by atoms with van der Waals surface area (Å²) >= 11 is 0. The van der Waals surface area contributed by atoms with E-state index in [9.17, 15) is 22.0 Å². The molecule has 0 bridgehead atoms. The second-order valence-corrected chi connectivity index (χ2v) is 3.74. The Morgan fingerprint density at radius 1 is 1.00 bits per heavy atom. The minimum absolute atomic E-state index is 0.190. The zero-order chi connectivity index (χ0) is 14.1. The lowest BCUT2D eigenvalue weighted by Gasteiger charge is -2.21. The second kappa shape index (κ2) is 5.12. The number of benzene rings is 1. The van der Waals surface area contributed by atoms with Gasteiger partial charge in [0.05, 0.1) is 12.7 Å². The summed E-state index contributed by atoms with van der Waals surface area (Å²) < 4.78 is 72.4. The Hall–Kier alpha value is -1.33. The molecule has 0 radical (unpaired) electrons. The zero-order valence-electron chi connectivity index (χ0n) is 10.2. The summed E-state index contributed by atoms with van der Waals surface area (Å²) in [6.45, 7) is 2.49. The molecule has 0 spiro atoms. The van der Waals surface area contributed by atoms with Crippen LogP contribution in [-0.4, -0.2) is 7.11 Å². The van der Waals surface area contributed by atoms with E-state index < -0.39 is 46.7 Å². The Kier molecular flexibility index (Phi) is 4.19. The summed E-state index contributed by atoms with van der Waals surface area (Å²) in [7, 11) is 0.942. The van der Waals surface area contributed by atoms with Crippen molar-refractivity contribution in [3.05, 3.63) is 28.6 Å². The summed E-state index contributed by atoms with van der Waals surface area (Å²) in [4.78, 5) is 0. The van der Waals surface area contributed by atoms with Crippen LogP contribution in [0.25, 0.3) is 0 Å². The predicted molar refractivity (Wildman–Crippen MR) is 56.4 cm³/mol. The monoisotopic (exact) mass is 268 g/mol. The van der Waals surface area contributed by atoms with Crippen molar-refractivity contribution in [3.63, 3.8) is 0 Å². The van der Waals surface area contributed by atoms with Gasteiger partial charge in [0.25, 0.3) is 5.92 Å². The molecule has 18 heavy (non-hydrogen) atoms. The molecule has 102 valence electrons. The van der Waals surface area contributed by atoms with Crippen LogP contribution >= 0.6 is 0 Å². The van der Waals surface area contributed by atoms with E-state index in [0.29, 0.717) is 0 Å². The molecule has 0 aliphatic heterocycles. The first-order valence-corrected chi connectivity index (χ1v) is 5.43. The standard InChI is InChI=1S/C12H13F5O/c1-4-6-7(12(16,17)5-2)9(14)10(15)11(18-3)8(6)13/h4-5H2,1-3H3. The Labute approximate surface area is 102 Å². The molecule has 0 aliphatic rings. The molecule has 1 aromatic carbocycles.